The van der Waals surface area contributed by atoms with Crippen LogP contribution in [-0.2, 0) is 4.79 Å². The average molecular weight is 115 g/mol. The second-order valence-corrected chi connectivity index (χ2v) is 1.98. The number of Topliss-reactive ketones (excluding diaryl/α,β-unsaturated/α-hetero) is 1. The van der Waals surface area contributed by atoms with Crippen LogP contribution in [0.1, 0.15) is 20.3 Å². The minimum absolute atomic E-state index is 0.153. The zero-order valence-corrected chi connectivity index (χ0v) is 5.48. The first-order valence-electron chi connectivity index (χ1n) is 2.95. The highest BCUT2D eigenvalue weighted by molar-refractivity contribution is 5.82. The summed E-state index contributed by atoms with van der Waals surface area (Å²) in [5, 5.41) is 0. The van der Waals surface area contributed by atoms with Crippen LogP contribution in [0.2, 0.25) is 0 Å². The maximum Gasteiger partial charge on any atom is 0.149 e. The molecule has 0 saturated heterocycles. The number of hydrogen-bond donors (Lipinski definition) is 1. The third kappa shape index (κ3) is 2.07. The van der Waals surface area contributed by atoms with Crippen molar-refractivity contribution in [3.05, 3.63) is 0 Å². The molecule has 2 nitrogen and oxygen atoms in total. The van der Waals surface area contributed by atoms with Crippen molar-refractivity contribution in [1.82, 2.24) is 0 Å². The average Bonchev–Trinajstić information content (AvgIpc) is 1.84. The van der Waals surface area contributed by atoms with Gasteiger partial charge < -0.3 is 5.73 Å². The van der Waals surface area contributed by atoms with Gasteiger partial charge in [-0.1, -0.05) is 13.8 Å². The van der Waals surface area contributed by atoms with Crippen molar-refractivity contribution >= 4 is 5.78 Å². The molecule has 0 aromatic carbocycles. The van der Waals surface area contributed by atoms with E-state index >= 15 is 0 Å². The molecule has 2 heteroatoms. The summed E-state index contributed by atoms with van der Waals surface area (Å²) in [7, 11) is 0. The fourth-order valence-electron chi connectivity index (χ4n) is 0.429. The zero-order valence-electron chi connectivity index (χ0n) is 5.48. The lowest BCUT2D eigenvalue weighted by molar-refractivity contribution is -0.121. The number of carbonyl (C=O) groups excluding carboxylic acids is 1. The summed E-state index contributed by atoms with van der Waals surface area (Å²) in [6.45, 7) is 4.07. The Labute approximate surface area is 50.1 Å². The molecule has 0 radical (unpaired) electrons. The Hall–Kier alpha value is -0.370. The molecule has 0 rings (SSSR count). The number of nitrogens with two attached hydrogens (primary N) is 1. The van der Waals surface area contributed by atoms with E-state index in [-0.39, 0.29) is 18.2 Å². The Kier molecular flexibility index (Phi) is 3.44. The Bertz CT molecular complexity index is 80.6. The molecule has 8 heavy (non-hydrogen) atoms. The number of carbonyl (C=O) groups is 1. The van der Waals surface area contributed by atoms with Crippen LogP contribution in [0, 0.1) is 5.92 Å². The molecule has 0 fully saturated rings. The summed E-state index contributed by atoms with van der Waals surface area (Å²) in [5.74, 6) is 0.312. The summed E-state index contributed by atoms with van der Waals surface area (Å²) in [5.41, 5.74) is 5.10. The van der Waals surface area contributed by atoms with Gasteiger partial charge in [0.2, 0.25) is 0 Å². The van der Waals surface area contributed by atoms with Crippen LogP contribution in [0.25, 0.3) is 0 Å². The summed E-state index contributed by atoms with van der Waals surface area (Å²) in [6, 6.07) is 0. The highest BCUT2D eigenvalue weighted by Crippen LogP contribution is 1.99. The van der Waals surface area contributed by atoms with Gasteiger partial charge in [-0.05, 0) is 6.42 Å². The van der Waals surface area contributed by atoms with Gasteiger partial charge in [-0.15, -0.1) is 0 Å². The van der Waals surface area contributed by atoms with E-state index in [4.69, 9.17) is 5.73 Å². The van der Waals surface area contributed by atoms with Crippen molar-refractivity contribution in [2.75, 3.05) is 6.54 Å². The molecule has 2 N–H and O–H groups in total. The van der Waals surface area contributed by atoms with E-state index < -0.39 is 0 Å². The molecule has 0 aliphatic rings. The molecule has 0 bridgehead atoms. The third-order valence-corrected chi connectivity index (χ3v) is 1.36. The summed E-state index contributed by atoms with van der Waals surface area (Å²) < 4.78 is 0. The number of rotatable bonds is 3. The standard InChI is InChI=1S/C6H13NO/c1-3-5(2)6(8)4-7/h5H,3-4,7H2,1-2H3/t5-/m1/s1. The van der Waals surface area contributed by atoms with Gasteiger partial charge in [-0.3, -0.25) is 4.79 Å². The van der Waals surface area contributed by atoms with E-state index in [2.05, 4.69) is 0 Å². The van der Waals surface area contributed by atoms with Gasteiger partial charge in [0.05, 0.1) is 6.54 Å². The molecular weight excluding hydrogens is 102 g/mol. The Morgan fingerprint density at radius 3 is 2.38 bits per heavy atom. The summed E-state index contributed by atoms with van der Waals surface area (Å²) in [4.78, 5) is 10.6. The summed E-state index contributed by atoms with van der Waals surface area (Å²) in [6.07, 6.45) is 0.899. The maximum absolute atomic E-state index is 10.6. The van der Waals surface area contributed by atoms with Gasteiger partial charge in [0, 0.05) is 5.92 Å². The topological polar surface area (TPSA) is 43.1 Å². The van der Waals surface area contributed by atoms with Gasteiger partial charge in [0.15, 0.2) is 0 Å². The van der Waals surface area contributed by atoms with Gasteiger partial charge in [-0.25, -0.2) is 0 Å². The van der Waals surface area contributed by atoms with Gasteiger partial charge >= 0.3 is 0 Å². The number of ketones is 1. The van der Waals surface area contributed by atoms with Crippen molar-refractivity contribution in [1.29, 1.82) is 0 Å². The van der Waals surface area contributed by atoms with E-state index in [1.807, 2.05) is 13.8 Å². The molecule has 0 aliphatic heterocycles. The molecule has 0 amide bonds. The Balaban J connectivity index is 3.46. The third-order valence-electron chi connectivity index (χ3n) is 1.36. The van der Waals surface area contributed by atoms with Crippen molar-refractivity contribution < 1.29 is 4.79 Å². The normalized spacial score (nSPS) is 13.4. The first kappa shape index (κ1) is 7.63. The van der Waals surface area contributed by atoms with E-state index in [9.17, 15) is 4.79 Å². The van der Waals surface area contributed by atoms with Crippen LogP contribution in [0.15, 0.2) is 0 Å². The molecule has 0 heterocycles. The minimum atomic E-state index is 0.153. The molecule has 0 unspecified atom stereocenters. The number of hydrogen-bond acceptors (Lipinski definition) is 2. The lowest BCUT2D eigenvalue weighted by atomic mass is 10.0. The predicted octanol–water partition coefficient (Wildman–Crippen LogP) is 0.560. The van der Waals surface area contributed by atoms with Crippen LogP contribution in [0.3, 0.4) is 0 Å². The fraction of sp³-hybridized carbons (Fsp3) is 0.833. The zero-order chi connectivity index (χ0) is 6.57. The van der Waals surface area contributed by atoms with Crippen LogP contribution >= 0.6 is 0 Å². The smallest absolute Gasteiger partial charge is 0.149 e. The lowest BCUT2D eigenvalue weighted by Gasteiger charge is -2.01. The highest BCUT2D eigenvalue weighted by atomic mass is 16.1. The molecule has 48 valence electrons. The largest absolute Gasteiger partial charge is 0.324 e. The first-order valence-corrected chi connectivity index (χ1v) is 2.95. The quantitative estimate of drug-likeness (QED) is 0.584. The van der Waals surface area contributed by atoms with E-state index in [0.29, 0.717) is 0 Å². The van der Waals surface area contributed by atoms with E-state index in [1.165, 1.54) is 0 Å². The van der Waals surface area contributed by atoms with Crippen LogP contribution in [0.4, 0.5) is 0 Å². The lowest BCUT2D eigenvalue weighted by Crippen LogP contribution is -2.20. The Morgan fingerprint density at radius 2 is 2.25 bits per heavy atom. The fourth-order valence-corrected chi connectivity index (χ4v) is 0.429. The van der Waals surface area contributed by atoms with Gasteiger partial charge in [0.25, 0.3) is 0 Å². The predicted molar refractivity (Wildman–Crippen MR) is 33.5 cm³/mol. The van der Waals surface area contributed by atoms with Crippen LogP contribution < -0.4 is 5.73 Å². The minimum Gasteiger partial charge on any atom is -0.324 e. The first-order chi connectivity index (χ1) is 3.72. The summed E-state index contributed by atoms with van der Waals surface area (Å²) >= 11 is 0. The van der Waals surface area contributed by atoms with Crippen LogP contribution in [0.5, 0.6) is 0 Å². The molecular formula is C6H13NO. The monoisotopic (exact) mass is 115 g/mol. The van der Waals surface area contributed by atoms with Crippen LogP contribution in [-0.4, -0.2) is 12.3 Å². The van der Waals surface area contributed by atoms with Gasteiger partial charge in [0.1, 0.15) is 5.78 Å². The molecule has 0 aromatic heterocycles. The van der Waals surface area contributed by atoms with Crippen molar-refractivity contribution in [3.8, 4) is 0 Å². The van der Waals surface area contributed by atoms with Crippen molar-refractivity contribution in [2.45, 2.75) is 20.3 Å². The SMILES string of the molecule is CC[C@@H](C)C(=O)CN. The molecule has 0 spiro atoms. The molecule has 0 aromatic rings. The second kappa shape index (κ2) is 3.61. The molecule has 1 atom stereocenters. The second-order valence-electron chi connectivity index (χ2n) is 1.98. The molecule has 0 saturated carbocycles. The molecule has 0 aliphatic carbocycles. The maximum atomic E-state index is 10.6. The highest BCUT2D eigenvalue weighted by Gasteiger charge is 2.06. The van der Waals surface area contributed by atoms with Crippen molar-refractivity contribution in [2.24, 2.45) is 11.7 Å². The Morgan fingerprint density at radius 1 is 1.75 bits per heavy atom. The van der Waals surface area contributed by atoms with Crippen molar-refractivity contribution in [3.63, 3.8) is 0 Å². The van der Waals surface area contributed by atoms with E-state index in [0.717, 1.165) is 6.42 Å². The van der Waals surface area contributed by atoms with E-state index in [1.54, 1.807) is 0 Å². The van der Waals surface area contributed by atoms with Gasteiger partial charge in [-0.2, -0.15) is 0 Å².